The summed E-state index contributed by atoms with van der Waals surface area (Å²) in [6.07, 6.45) is 3.20. The zero-order valence-electron chi connectivity index (χ0n) is 11.9. The maximum atomic E-state index is 11.1. The summed E-state index contributed by atoms with van der Waals surface area (Å²) in [5.74, 6) is -0.742. The van der Waals surface area contributed by atoms with Gasteiger partial charge in [0.05, 0.1) is 5.41 Å². The van der Waals surface area contributed by atoms with Gasteiger partial charge in [0, 0.05) is 6.54 Å². The molecule has 0 radical (unpaired) electrons. The van der Waals surface area contributed by atoms with Gasteiger partial charge in [-0.1, -0.05) is 24.3 Å². The zero-order valence-corrected chi connectivity index (χ0v) is 11.9. The number of benzene rings is 1. The Morgan fingerprint density at radius 3 is 2.21 bits per heavy atom. The highest BCUT2D eigenvalue weighted by molar-refractivity contribution is 5.74. The average Bonchev–Trinajstić information content (AvgIpc) is 2.84. The van der Waals surface area contributed by atoms with E-state index < -0.39 is 11.4 Å². The second kappa shape index (κ2) is 5.74. The topological polar surface area (TPSA) is 40.5 Å². The van der Waals surface area contributed by atoms with Gasteiger partial charge >= 0.3 is 5.97 Å². The van der Waals surface area contributed by atoms with Gasteiger partial charge < -0.3 is 5.11 Å². The zero-order chi connectivity index (χ0) is 13.9. The Kier molecular flexibility index (Phi) is 4.25. The average molecular weight is 261 g/mol. The summed E-state index contributed by atoms with van der Waals surface area (Å²) in [7, 11) is 0. The largest absolute Gasteiger partial charge is 0.481 e. The fourth-order valence-electron chi connectivity index (χ4n) is 2.55. The molecule has 1 N–H and O–H groups in total. The first-order valence-corrected chi connectivity index (χ1v) is 7.01. The monoisotopic (exact) mass is 261 g/mol. The van der Waals surface area contributed by atoms with Crippen molar-refractivity contribution in [2.24, 2.45) is 5.41 Å². The number of hydrogen-bond acceptors (Lipinski definition) is 2. The van der Waals surface area contributed by atoms with Crippen LogP contribution >= 0.6 is 0 Å². The molecule has 1 aliphatic heterocycles. The van der Waals surface area contributed by atoms with Crippen molar-refractivity contribution in [1.29, 1.82) is 0 Å². The predicted molar refractivity (Wildman–Crippen MR) is 76.1 cm³/mol. The van der Waals surface area contributed by atoms with E-state index in [9.17, 15) is 4.79 Å². The molecule has 0 aromatic heterocycles. The number of likely N-dealkylation sites (tertiary alicyclic amines) is 1. The Hall–Kier alpha value is -1.35. The molecule has 1 fully saturated rings. The molecule has 1 aromatic rings. The molecule has 1 saturated heterocycles. The molecule has 3 heteroatoms. The second-order valence-corrected chi connectivity index (χ2v) is 6.17. The summed E-state index contributed by atoms with van der Waals surface area (Å²) >= 11 is 0. The third-order valence-electron chi connectivity index (χ3n) is 3.85. The summed E-state index contributed by atoms with van der Waals surface area (Å²) in [4.78, 5) is 13.6. The molecule has 0 atom stereocenters. The van der Waals surface area contributed by atoms with Gasteiger partial charge in [0.2, 0.25) is 0 Å². The molecule has 1 aromatic carbocycles. The third-order valence-corrected chi connectivity index (χ3v) is 3.85. The Balaban J connectivity index is 1.96. The van der Waals surface area contributed by atoms with Gasteiger partial charge in [0.1, 0.15) is 0 Å². The lowest BCUT2D eigenvalue weighted by Crippen LogP contribution is -2.26. The van der Waals surface area contributed by atoms with Gasteiger partial charge in [-0.25, -0.2) is 0 Å². The number of rotatable bonds is 5. The molecular weight excluding hydrogens is 238 g/mol. The highest BCUT2D eigenvalue weighted by Crippen LogP contribution is 2.22. The van der Waals surface area contributed by atoms with E-state index in [4.69, 9.17) is 5.11 Å². The molecule has 1 aliphatic rings. The lowest BCUT2D eigenvalue weighted by molar-refractivity contribution is -0.146. The first-order valence-electron chi connectivity index (χ1n) is 7.01. The molecule has 0 bridgehead atoms. The standard InChI is InChI=1S/C16H23NO2/c1-16(2,15(18)19)11-13-5-7-14(8-6-13)12-17-9-3-4-10-17/h5-8H,3-4,9-12H2,1-2H3,(H,18,19). The smallest absolute Gasteiger partial charge is 0.309 e. The van der Waals surface area contributed by atoms with Crippen LogP contribution in [0.15, 0.2) is 24.3 Å². The number of carboxylic acids is 1. The van der Waals surface area contributed by atoms with E-state index in [0.29, 0.717) is 6.42 Å². The van der Waals surface area contributed by atoms with Crippen molar-refractivity contribution in [2.45, 2.75) is 39.7 Å². The Morgan fingerprint density at radius 2 is 1.68 bits per heavy atom. The molecule has 0 spiro atoms. The van der Waals surface area contributed by atoms with Gasteiger partial charge in [-0.2, -0.15) is 0 Å². The van der Waals surface area contributed by atoms with Crippen LogP contribution in [0.1, 0.15) is 37.8 Å². The van der Waals surface area contributed by atoms with Crippen molar-refractivity contribution < 1.29 is 9.90 Å². The van der Waals surface area contributed by atoms with Crippen molar-refractivity contribution in [3.63, 3.8) is 0 Å². The molecule has 3 nitrogen and oxygen atoms in total. The van der Waals surface area contributed by atoms with E-state index in [1.165, 1.54) is 31.5 Å². The number of aliphatic carboxylic acids is 1. The van der Waals surface area contributed by atoms with E-state index in [2.05, 4.69) is 29.2 Å². The van der Waals surface area contributed by atoms with Crippen LogP contribution in [0.25, 0.3) is 0 Å². The van der Waals surface area contributed by atoms with Crippen LogP contribution in [0.3, 0.4) is 0 Å². The normalized spacial score (nSPS) is 16.7. The number of carboxylic acid groups (broad SMARTS) is 1. The molecule has 0 aliphatic carbocycles. The van der Waals surface area contributed by atoms with Crippen LogP contribution in [0, 0.1) is 5.41 Å². The quantitative estimate of drug-likeness (QED) is 0.886. The fourth-order valence-corrected chi connectivity index (χ4v) is 2.55. The maximum Gasteiger partial charge on any atom is 0.309 e. The summed E-state index contributed by atoms with van der Waals surface area (Å²) in [5, 5.41) is 9.14. The SMILES string of the molecule is CC(C)(Cc1ccc(CN2CCCC2)cc1)C(=O)O. The minimum absolute atomic E-state index is 0.576. The lowest BCUT2D eigenvalue weighted by Gasteiger charge is -2.19. The van der Waals surface area contributed by atoms with Crippen molar-refractivity contribution >= 4 is 5.97 Å². The predicted octanol–water partition coefficient (Wildman–Crippen LogP) is 2.94. The highest BCUT2D eigenvalue weighted by Gasteiger charge is 2.27. The number of hydrogen-bond donors (Lipinski definition) is 1. The van der Waals surface area contributed by atoms with Gasteiger partial charge in [-0.15, -0.1) is 0 Å². The summed E-state index contributed by atoms with van der Waals surface area (Å²) in [6, 6.07) is 8.39. The second-order valence-electron chi connectivity index (χ2n) is 6.17. The van der Waals surface area contributed by atoms with E-state index in [1.54, 1.807) is 13.8 Å². The van der Waals surface area contributed by atoms with Crippen LogP contribution in [0.5, 0.6) is 0 Å². The van der Waals surface area contributed by atoms with Gasteiger partial charge in [-0.3, -0.25) is 9.69 Å². The molecule has 104 valence electrons. The highest BCUT2D eigenvalue weighted by atomic mass is 16.4. The maximum absolute atomic E-state index is 11.1. The first kappa shape index (κ1) is 14.1. The Bertz CT molecular complexity index is 431. The fraction of sp³-hybridized carbons (Fsp3) is 0.562. The summed E-state index contributed by atoms with van der Waals surface area (Å²) < 4.78 is 0. The van der Waals surface area contributed by atoms with Crippen LogP contribution in [-0.4, -0.2) is 29.1 Å². The van der Waals surface area contributed by atoms with Gasteiger partial charge in [0.25, 0.3) is 0 Å². The first-order chi connectivity index (χ1) is 8.97. The van der Waals surface area contributed by atoms with E-state index in [-0.39, 0.29) is 0 Å². The molecule has 1 heterocycles. The number of carbonyl (C=O) groups is 1. The van der Waals surface area contributed by atoms with Crippen LogP contribution in [-0.2, 0) is 17.8 Å². The molecule has 19 heavy (non-hydrogen) atoms. The molecule has 0 amide bonds. The van der Waals surface area contributed by atoms with Crippen molar-refractivity contribution in [2.75, 3.05) is 13.1 Å². The van der Waals surface area contributed by atoms with Gasteiger partial charge in [-0.05, 0) is 57.3 Å². The molecular formula is C16H23NO2. The van der Waals surface area contributed by atoms with Crippen molar-refractivity contribution in [1.82, 2.24) is 4.90 Å². The van der Waals surface area contributed by atoms with Crippen LogP contribution in [0.2, 0.25) is 0 Å². The van der Waals surface area contributed by atoms with Crippen LogP contribution in [0.4, 0.5) is 0 Å². The summed E-state index contributed by atoms with van der Waals surface area (Å²) in [5.41, 5.74) is 1.72. The van der Waals surface area contributed by atoms with Crippen molar-refractivity contribution in [3.8, 4) is 0 Å². The summed E-state index contributed by atoms with van der Waals surface area (Å²) in [6.45, 7) is 6.96. The minimum atomic E-state index is -0.742. The van der Waals surface area contributed by atoms with Crippen LogP contribution < -0.4 is 0 Å². The molecule has 2 rings (SSSR count). The Labute approximate surface area is 115 Å². The van der Waals surface area contributed by atoms with Crippen molar-refractivity contribution in [3.05, 3.63) is 35.4 Å². The lowest BCUT2D eigenvalue weighted by atomic mass is 9.86. The Morgan fingerprint density at radius 1 is 1.16 bits per heavy atom. The number of nitrogens with zero attached hydrogens (tertiary/aromatic N) is 1. The van der Waals surface area contributed by atoms with E-state index in [1.807, 2.05) is 0 Å². The molecule has 0 saturated carbocycles. The third kappa shape index (κ3) is 3.80. The minimum Gasteiger partial charge on any atom is -0.481 e. The van der Waals surface area contributed by atoms with Gasteiger partial charge in [0.15, 0.2) is 0 Å². The van der Waals surface area contributed by atoms with E-state index in [0.717, 1.165) is 12.1 Å². The molecule has 0 unspecified atom stereocenters. The van der Waals surface area contributed by atoms with E-state index >= 15 is 0 Å².